The van der Waals surface area contributed by atoms with Gasteiger partial charge in [-0.15, -0.1) is 0 Å². The van der Waals surface area contributed by atoms with Gasteiger partial charge < -0.3 is 24.9 Å². The van der Waals surface area contributed by atoms with E-state index < -0.39 is 0 Å². The molecule has 0 saturated carbocycles. The number of rotatable bonds is 5. The number of hydrogen-bond donors (Lipinski definition) is 4. The van der Waals surface area contributed by atoms with Crippen molar-refractivity contribution in [3.63, 3.8) is 0 Å². The van der Waals surface area contributed by atoms with Gasteiger partial charge in [0.1, 0.15) is 5.75 Å². The molecule has 0 amide bonds. The fourth-order valence-corrected chi connectivity index (χ4v) is 6.38. The lowest BCUT2D eigenvalue weighted by Gasteiger charge is -2.17. The lowest BCUT2D eigenvalue weighted by atomic mass is 10.0. The Morgan fingerprint density at radius 2 is 1.08 bits per heavy atom. The molecule has 0 atom stereocenters. The van der Waals surface area contributed by atoms with Gasteiger partial charge in [0.15, 0.2) is 11.5 Å². The van der Waals surface area contributed by atoms with Crippen LogP contribution in [0, 0.1) is 0 Å². The molecule has 8 bridgehead atoms. The van der Waals surface area contributed by atoms with Crippen molar-refractivity contribution in [2.75, 3.05) is 0 Å². The fourth-order valence-electron chi connectivity index (χ4n) is 6.38. The van der Waals surface area contributed by atoms with Crippen molar-refractivity contribution in [2.24, 2.45) is 0 Å². The van der Waals surface area contributed by atoms with E-state index in [0.29, 0.717) is 22.3 Å². The highest BCUT2D eigenvalue weighted by atomic mass is 16.5. The zero-order chi connectivity index (χ0) is 32.8. The molecule has 7 heteroatoms. The van der Waals surface area contributed by atoms with Crippen molar-refractivity contribution in [1.82, 2.24) is 19.9 Å². The van der Waals surface area contributed by atoms with Gasteiger partial charge in [0.25, 0.3) is 0 Å². The Morgan fingerprint density at radius 1 is 0.542 bits per heavy atom. The summed E-state index contributed by atoms with van der Waals surface area (Å²) in [6.45, 7) is 3.77. The molecule has 2 aliphatic heterocycles. The summed E-state index contributed by atoms with van der Waals surface area (Å²) in [5, 5.41) is 22.5. The van der Waals surface area contributed by atoms with Crippen LogP contribution in [0.4, 0.5) is 0 Å². The molecule has 48 heavy (non-hydrogen) atoms. The number of phenolic OH excluding ortho intramolecular Hbond substituents is 2. The second-order valence-corrected chi connectivity index (χ2v) is 12.1. The van der Waals surface area contributed by atoms with Crippen LogP contribution >= 0.6 is 0 Å². The highest BCUT2D eigenvalue weighted by Crippen LogP contribution is 2.47. The Morgan fingerprint density at radius 3 is 1.75 bits per heavy atom. The molecular formula is C41H32N4O3. The van der Waals surface area contributed by atoms with E-state index in [9.17, 15) is 10.2 Å². The van der Waals surface area contributed by atoms with Crippen molar-refractivity contribution < 1.29 is 14.9 Å². The SMILES string of the molecule is CC(C)Oc1c(O)ccc(O)c1-c1c2nc(c(-c3ccccc3)c3ccc(cc4nc(c(-c5ccccc5)c5ccc1[nH]5)C=C4)[nH]3)C=C2. The number of nitrogens with one attached hydrogen (secondary N) is 2. The number of aromatic nitrogens is 4. The second-order valence-electron chi connectivity index (χ2n) is 12.1. The van der Waals surface area contributed by atoms with Crippen molar-refractivity contribution >= 4 is 46.4 Å². The van der Waals surface area contributed by atoms with E-state index in [0.717, 1.165) is 55.9 Å². The predicted octanol–water partition coefficient (Wildman–Crippen LogP) is 9.85. The van der Waals surface area contributed by atoms with Crippen LogP contribution < -0.4 is 4.74 Å². The molecule has 0 spiro atoms. The molecular weight excluding hydrogens is 596 g/mol. The first-order valence-corrected chi connectivity index (χ1v) is 15.9. The Balaban J connectivity index is 1.57. The monoisotopic (exact) mass is 628 g/mol. The molecule has 0 saturated heterocycles. The quantitative estimate of drug-likeness (QED) is 0.142. The number of hydrogen-bond acceptors (Lipinski definition) is 5. The number of nitrogens with zero attached hydrogens (tertiary/aromatic N) is 2. The highest BCUT2D eigenvalue weighted by molar-refractivity contribution is 5.99. The van der Waals surface area contributed by atoms with Gasteiger partial charge in [0.2, 0.25) is 0 Å². The number of aromatic hydroxyl groups is 2. The number of phenols is 2. The summed E-state index contributed by atoms with van der Waals surface area (Å²) in [6.07, 6.45) is 7.71. The van der Waals surface area contributed by atoms with E-state index in [1.165, 1.54) is 12.1 Å². The van der Waals surface area contributed by atoms with Crippen LogP contribution in [0.1, 0.15) is 36.6 Å². The maximum absolute atomic E-state index is 11.5. The molecule has 0 fully saturated rings. The van der Waals surface area contributed by atoms with Gasteiger partial charge in [-0.2, -0.15) is 0 Å². The van der Waals surface area contributed by atoms with E-state index in [2.05, 4.69) is 40.3 Å². The minimum absolute atomic E-state index is 0.0417. The molecule has 3 aromatic heterocycles. The molecule has 4 N–H and O–H groups in total. The molecule has 3 aromatic carbocycles. The summed E-state index contributed by atoms with van der Waals surface area (Å²) >= 11 is 0. The Hall–Kier alpha value is -6.34. The standard InChI is InChI=1S/C41H32N4O3/c1-24(2)48-41-36(47)22-21-35(46)40(41)39-33-19-17-31(44-33)37(25-9-5-3-6-10-25)29-15-13-27(42-29)23-28-14-16-30(43-28)38(26-11-7-4-8-12-26)32-18-20-34(39)45-32/h3-24,42,45-47H,1-2H3. The fraction of sp³-hybridized carbons (Fsp3) is 0.0732. The van der Waals surface area contributed by atoms with Gasteiger partial charge in [-0.1, -0.05) is 60.7 Å². The third-order valence-electron chi connectivity index (χ3n) is 8.42. The van der Waals surface area contributed by atoms with Gasteiger partial charge in [0.05, 0.1) is 34.4 Å². The molecule has 0 unspecified atom stereocenters. The number of benzene rings is 3. The molecule has 6 aromatic rings. The van der Waals surface area contributed by atoms with Crippen LogP contribution in [-0.2, 0) is 0 Å². The van der Waals surface area contributed by atoms with E-state index in [4.69, 9.17) is 14.7 Å². The van der Waals surface area contributed by atoms with Gasteiger partial charge in [-0.25, -0.2) is 9.97 Å². The van der Waals surface area contributed by atoms with Gasteiger partial charge in [-0.3, -0.25) is 0 Å². The van der Waals surface area contributed by atoms with Crippen LogP contribution in [0.15, 0.2) is 103 Å². The third-order valence-corrected chi connectivity index (χ3v) is 8.42. The normalized spacial score (nSPS) is 12.1. The molecule has 234 valence electrons. The lowest BCUT2D eigenvalue weighted by Crippen LogP contribution is -2.07. The maximum atomic E-state index is 11.5. The van der Waals surface area contributed by atoms with Crippen molar-refractivity contribution in [3.05, 3.63) is 126 Å². The van der Waals surface area contributed by atoms with E-state index >= 15 is 0 Å². The predicted molar refractivity (Wildman–Crippen MR) is 194 cm³/mol. The molecule has 5 heterocycles. The average molecular weight is 629 g/mol. The van der Waals surface area contributed by atoms with E-state index in [1.54, 1.807) is 0 Å². The van der Waals surface area contributed by atoms with Crippen LogP contribution in [-0.4, -0.2) is 36.3 Å². The summed E-state index contributed by atoms with van der Waals surface area (Å²) in [6, 6.07) is 33.3. The first-order valence-electron chi connectivity index (χ1n) is 15.9. The largest absolute Gasteiger partial charge is 0.507 e. The van der Waals surface area contributed by atoms with Gasteiger partial charge >= 0.3 is 0 Å². The number of H-pyrrole nitrogens is 2. The molecule has 7 nitrogen and oxygen atoms in total. The minimum atomic E-state index is -0.266. The molecule has 0 radical (unpaired) electrons. The number of aromatic amines is 2. The zero-order valence-corrected chi connectivity index (χ0v) is 26.4. The molecule has 0 aliphatic carbocycles. The van der Waals surface area contributed by atoms with E-state index in [1.807, 2.05) is 98.8 Å². The van der Waals surface area contributed by atoms with Crippen molar-refractivity contribution in [1.29, 1.82) is 0 Å². The number of fused-ring (bicyclic) bond motifs is 8. The summed E-state index contributed by atoms with van der Waals surface area (Å²) in [4.78, 5) is 17.5. The Kier molecular flexibility index (Phi) is 7.14. The highest BCUT2D eigenvalue weighted by Gasteiger charge is 2.24. The topological polar surface area (TPSA) is 107 Å². The van der Waals surface area contributed by atoms with Crippen LogP contribution in [0.5, 0.6) is 17.2 Å². The zero-order valence-electron chi connectivity index (χ0n) is 26.4. The molecule has 8 rings (SSSR count). The molecule has 2 aliphatic rings. The first-order chi connectivity index (χ1) is 23.4. The summed E-state index contributed by atoms with van der Waals surface area (Å²) in [5.41, 5.74) is 11.1. The number of ether oxygens (including phenoxy) is 1. The average Bonchev–Trinajstić information content (AvgIpc) is 3.92. The van der Waals surface area contributed by atoms with Crippen molar-refractivity contribution in [3.8, 4) is 50.6 Å². The summed E-state index contributed by atoms with van der Waals surface area (Å²) in [5.74, 6) is 0.0629. The van der Waals surface area contributed by atoms with Crippen molar-refractivity contribution in [2.45, 2.75) is 20.0 Å². The maximum Gasteiger partial charge on any atom is 0.172 e. The Labute approximate surface area is 277 Å². The van der Waals surface area contributed by atoms with E-state index in [-0.39, 0.29) is 23.4 Å². The van der Waals surface area contributed by atoms with Crippen LogP contribution in [0.2, 0.25) is 0 Å². The first kappa shape index (κ1) is 29.1. The van der Waals surface area contributed by atoms with Gasteiger partial charge in [0, 0.05) is 38.8 Å². The third kappa shape index (κ3) is 5.21. The summed E-state index contributed by atoms with van der Waals surface area (Å²) < 4.78 is 6.16. The van der Waals surface area contributed by atoms with Gasteiger partial charge in [-0.05, 0) is 91.7 Å². The Bertz CT molecular complexity index is 2380. The second kappa shape index (κ2) is 11.8. The smallest absolute Gasteiger partial charge is 0.172 e. The van der Waals surface area contributed by atoms with Crippen LogP contribution in [0.3, 0.4) is 0 Å². The lowest BCUT2D eigenvalue weighted by molar-refractivity contribution is 0.232. The summed E-state index contributed by atoms with van der Waals surface area (Å²) in [7, 11) is 0. The minimum Gasteiger partial charge on any atom is -0.507 e. The van der Waals surface area contributed by atoms with Crippen LogP contribution in [0.25, 0.3) is 79.8 Å².